The van der Waals surface area contributed by atoms with Crippen LogP contribution in [0.15, 0.2) is 11.4 Å². The van der Waals surface area contributed by atoms with Gasteiger partial charge in [-0.15, -0.1) is 11.3 Å². The number of ether oxygens (including phenoxy) is 1. The molecule has 0 bridgehead atoms. The summed E-state index contributed by atoms with van der Waals surface area (Å²) in [5.41, 5.74) is 7.58. The van der Waals surface area contributed by atoms with Crippen molar-refractivity contribution in [1.29, 1.82) is 0 Å². The molecule has 1 aliphatic heterocycles. The lowest BCUT2D eigenvalue weighted by atomic mass is 9.82. The summed E-state index contributed by atoms with van der Waals surface area (Å²) in [6.07, 6.45) is 1.13. The largest absolute Gasteiger partial charge is 0.383 e. The van der Waals surface area contributed by atoms with Gasteiger partial charge in [-0.1, -0.05) is 13.8 Å². The van der Waals surface area contributed by atoms with Crippen LogP contribution in [0.3, 0.4) is 0 Å². The number of fused-ring (bicyclic) bond motifs is 1. The average Bonchev–Trinajstić information content (AvgIpc) is 2.86. The summed E-state index contributed by atoms with van der Waals surface area (Å²) in [7, 11) is 1.78. The second-order valence-corrected chi connectivity index (χ2v) is 6.81. The van der Waals surface area contributed by atoms with E-state index in [1.807, 2.05) is 11.3 Å². The van der Waals surface area contributed by atoms with Crippen LogP contribution < -0.4 is 5.73 Å². The molecule has 0 amide bonds. The summed E-state index contributed by atoms with van der Waals surface area (Å²) >= 11 is 1.88. The fraction of sp³-hybridized carbons (Fsp3) is 0.733. The molecule has 1 aromatic rings. The Kier molecular flexibility index (Phi) is 4.66. The zero-order valence-electron chi connectivity index (χ0n) is 12.5. The van der Waals surface area contributed by atoms with Crippen LogP contribution in [0.4, 0.5) is 0 Å². The molecule has 0 fully saturated rings. The molecule has 2 rings (SSSR count). The van der Waals surface area contributed by atoms with Crippen molar-refractivity contribution in [3.05, 3.63) is 21.9 Å². The lowest BCUT2D eigenvalue weighted by Gasteiger charge is -2.50. The van der Waals surface area contributed by atoms with E-state index in [1.165, 1.54) is 10.4 Å². The van der Waals surface area contributed by atoms with Crippen LogP contribution in [-0.2, 0) is 11.2 Å². The number of hydrogen-bond donors (Lipinski definition) is 1. The molecule has 1 aromatic heterocycles. The summed E-state index contributed by atoms with van der Waals surface area (Å²) in [4.78, 5) is 4.10. The van der Waals surface area contributed by atoms with E-state index in [0.29, 0.717) is 25.1 Å². The smallest absolute Gasteiger partial charge is 0.0661 e. The average molecular weight is 282 g/mol. The molecule has 4 heteroatoms. The van der Waals surface area contributed by atoms with Gasteiger partial charge in [0.1, 0.15) is 0 Å². The topological polar surface area (TPSA) is 38.5 Å². The first-order chi connectivity index (χ1) is 9.06. The van der Waals surface area contributed by atoms with Gasteiger partial charge in [0.25, 0.3) is 0 Å². The Hall–Kier alpha value is -0.420. The number of nitrogens with two attached hydrogens (primary N) is 1. The summed E-state index contributed by atoms with van der Waals surface area (Å²) in [6.45, 7) is 9.22. The third-order valence-corrected chi connectivity index (χ3v) is 5.67. The molecular weight excluding hydrogens is 256 g/mol. The highest BCUT2D eigenvalue weighted by Gasteiger charge is 2.43. The third kappa shape index (κ3) is 2.47. The second-order valence-electron chi connectivity index (χ2n) is 5.81. The lowest BCUT2D eigenvalue weighted by molar-refractivity contribution is -0.0413. The molecule has 108 valence electrons. The Morgan fingerprint density at radius 2 is 2.32 bits per heavy atom. The van der Waals surface area contributed by atoms with Crippen molar-refractivity contribution in [2.75, 3.05) is 26.8 Å². The van der Waals surface area contributed by atoms with Gasteiger partial charge in [0.15, 0.2) is 0 Å². The Labute approximate surface area is 120 Å². The fourth-order valence-corrected chi connectivity index (χ4v) is 4.32. The molecule has 0 aliphatic carbocycles. The second kappa shape index (κ2) is 5.92. The Morgan fingerprint density at radius 1 is 1.58 bits per heavy atom. The van der Waals surface area contributed by atoms with Crippen molar-refractivity contribution in [3.63, 3.8) is 0 Å². The summed E-state index contributed by atoms with van der Waals surface area (Å²) in [5.74, 6) is 0.472. The third-order valence-electron chi connectivity index (χ3n) is 4.67. The minimum absolute atomic E-state index is 0.0617. The van der Waals surface area contributed by atoms with Gasteiger partial charge in [0.2, 0.25) is 0 Å². The maximum absolute atomic E-state index is 6.16. The summed E-state index contributed by atoms with van der Waals surface area (Å²) in [6, 6.07) is 2.70. The normalized spacial score (nSPS) is 23.4. The van der Waals surface area contributed by atoms with Crippen molar-refractivity contribution >= 4 is 11.3 Å². The molecular formula is C15H26N2OS. The highest BCUT2D eigenvalue weighted by Crippen LogP contribution is 2.39. The first-order valence-corrected chi connectivity index (χ1v) is 7.96. The number of hydrogen-bond acceptors (Lipinski definition) is 4. The van der Waals surface area contributed by atoms with Crippen molar-refractivity contribution in [1.82, 2.24) is 4.90 Å². The molecule has 2 atom stereocenters. The van der Waals surface area contributed by atoms with Crippen LogP contribution in [0, 0.1) is 5.92 Å². The first kappa shape index (κ1) is 15.0. The van der Waals surface area contributed by atoms with E-state index in [2.05, 4.69) is 37.1 Å². The van der Waals surface area contributed by atoms with Crippen molar-refractivity contribution < 1.29 is 4.74 Å². The molecule has 2 heterocycles. The molecule has 2 unspecified atom stereocenters. The zero-order valence-corrected chi connectivity index (χ0v) is 13.3. The van der Waals surface area contributed by atoms with E-state index in [9.17, 15) is 0 Å². The van der Waals surface area contributed by atoms with Gasteiger partial charge >= 0.3 is 0 Å². The Bertz CT molecular complexity index is 418. The van der Waals surface area contributed by atoms with Gasteiger partial charge in [-0.3, -0.25) is 4.90 Å². The molecule has 2 N–H and O–H groups in total. The minimum Gasteiger partial charge on any atom is -0.383 e. The predicted molar refractivity (Wildman–Crippen MR) is 81.6 cm³/mol. The van der Waals surface area contributed by atoms with Crippen LogP contribution in [0.2, 0.25) is 0 Å². The number of thiophene rings is 1. The quantitative estimate of drug-likeness (QED) is 0.902. The summed E-state index contributed by atoms with van der Waals surface area (Å²) in [5, 5.41) is 2.21. The molecule has 1 aliphatic rings. The van der Waals surface area contributed by atoms with Crippen LogP contribution in [-0.4, -0.2) is 37.2 Å². The molecule has 3 nitrogen and oxygen atoms in total. The Morgan fingerprint density at radius 3 is 2.89 bits per heavy atom. The maximum atomic E-state index is 6.16. The predicted octanol–water partition coefficient (Wildman–Crippen LogP) is 2.67. The zero-order chi connectivity index (χ0) is 14.0. The highest BCUT2D eigenvalue weighted by atomic mass is 32.1. The van der Waals surface area contributed by atoms with Crippen LogP contribution in [0.1, 0.15) is 37.3 Å². The highest BCUT2D eigenvalue weighted by molar-refractivity contribution is 7.10. The van der Waals surface area contributed by atoms with E-state index in [0.717, 1.165) is 13.0 Å². The lowest BCUT2D eigenvalue weighted by Crippen LogP contribution is -2.62. The molecule has 0 radical (unpaired) electrons. The molecule has 19 heavy (non-hydrogen) atoms. The van der Waals surface area contributed by atoms with Gasteiger partial charge in [-0.2, -0.15) is 0 Å². The van der Waals surface area contributed by atoms with Gasteiger partial charge < -0.3 is 10.5 Å². The van der Waals surface area contributed by atoms with Gasteiger partial charge in [0, 0.05) is 31.1 Å². The van der Waals surface area contributed by atoms with Crippen molar-refractivity contribution in [3.8, 4) is 0 Å². The van der Waals surface area contributed by atoms with Gasteiger partial charge in [-0.05, 0) is 36.3 Å². The SMILES string of the molecule is COCC(CN)(C(C)C)N1CCc2sccc2C1C. The number of methoxy groups -OCH3 is 1. The molecule has 0 spiro atoms. The van der Waals surface area contributed by atoms with Crippen LogP contribution >= 0.6 is 11.3 Å². The van der Waals surface area contributed by atoms with Crippen LogP contribution in [0.5, 0.6) is 0 Å². The van der Waals surface area contributed by atoms with E-state index in [4.69, 9.17) is 10.5 Å². The summed E-state index contributed by atoms with van der Waals surface area (Å²) < 4.78 is 5.51. The van der Waals surface area contributed by atoms with Gasteiger partial charge in [0.05, 0.1) is 12.1 Å². The first-order valence-electron chi connectivity index (χ1n) is 7.09. The fourth-order valence-electron chi connectivity index (χ4n) is 3.36. The number of rotatable bonds is 5. The van der Waals surface area contributed by atoms with E-state index in [1.54, 1.807) is 7.11 Å². The monoisotopic (exact) mass is 282 g/mol. The maximum Gasteiger partial charge on any atom is 0.0661 e. The standard InChI is InChI=1S/C15H26N2OS/c1-11(2)15(9-16,10-18-4)17-7-5-14-13(12(17)3)6-8-19-14/h6,8,11-12H,5,7,9-10,16H2,1-4H3. The molecule has 0 saturated carbocycles. The molecule has 0 aromatic carbocycles. The van der Waals surface area contributed by atoms with Crippen molar-refractivity contribution in [2.24, 2.45) is 11.7 Å². The van der Waals surface area contributed by atoms with E-state index >= 15 is 0 Å². The minimum atomic E-state index is -0.0617. The van der Waals surface area contributed by atoms with Crippen LogP contribution in [0.25, 0.3) is 0 Å². The van der Waals surface area contributed by atoms with Gasteiger partial charge in [-0.25, -0.2) is 0 Å². The van der Waals surface area contributed by atoms with Crippen molar-refractivity contribution in [2.45, 2.75) is 38.8 Å². The Balaban J connectivity index is 2.33. The van der Waals surface area contributed by atoms with E-state index in [-0.39, 0.29) is 5.54 Å². The molecule has 0 saturated heterocycles. The van der Waals surface area contributed by atoms with E-state index < -0.39 is 0 Å². The number of nitrogens with zero attached hydrogens (tertiary/aromatic N) is 1.